The predicted octanol–water partition coefficient (Wildman–Crippen LogP) is 5.62. The first-order chi connectivity index (χ1) is 11.0. The van der Waals surface area contributed by atoms with E-state index in [0.717, 1.165) is 11.3 Å². The summed E-state index contributed by atoms with van der Waals surface area (Å²) in [6, 6.07) is 11.2. The number of aromatic nitrogens is 1. The van der Waals surface area contributed by atoms with Crippen LogP contribution < -0.4 is 5.32 Å². The van der Waals surface area contributed by atoms with Gasteiger partial charge in [-0.05, 0) is 46.3 Å². The zero-order valence-electron chi connectivity index (χ0n) is 11.5. The molecule has 3 aromatic rings. The van der Waals surface area contributed by atoms with Gasteiger partial charge in [0, 0.05) is 20.4 Å². The Bertz CT molecular complexity index is 867. The summed E-state index contributed by atoms with van der Waals surface area (Å²) in [6.07, 6.45) is 0. The molecule has 0 fully saturated rings. The predicted molar refractivity (Wildman–Crippen MR) is 94.6 cm³/mol. The number of halogens is 3. The van der Waals surface area contributed by atoms with Crippen molar-refractivity contribution in [3.05, 3.63) is 68.7 Å². The number of hydrogen-bond acceptors (Lipinski definition) is 3. The molecule has 3 rings (SSSR count). The minimum Gasteiger partial charge on any atom is -0.298 e. The van der Waals surface area contributed by atoms with Crippen molar-refractivity contribution >= 4 is 49.9 Å². The molecule has 23 heavy (non-hydrogen) atoms. The zero-order chi connectivity index (χ0) is 16.4. The van der Waals surface area contributed by atoms with Crippen molar-refractivity contribution in [2.24, 2.45) is 0 Å². The second-order valence-electron chi connectivity index (χ2n) is 4.62. The normalized spacial score (nSPS) is 10.6. The van der Waals surface area contributed by atoms with E-state index in [0.29, 0.717) is 20.2 Å². The van der Waals surface area contributed by atoms with Crippen LogP contribution in [0.3, 0.4) is 0 Å². The van der Waals surface area contributed by atoms with Crippen LogP contribution in [0.2, 0.25) is 5.02 Å². The minimum atomic E-state index is -0.410. The van der Waals surface area contributed by atoms with Crippen molar-refractivity contribution < 1.29 is 9.18 Å². The quantitative estimate of drug-likeness (QED) is 0.608. The molecule has 0 aliphatic carbocycles. The SMILES string of the molecule is O=C(Nc1nc(-c2ccc(Cl)cc2)cs1)c1ccc(F)cc1Br. The number of carbonyl (C=O) groups excluding carboxylic acids is 1. The third-order valence-corrected chi connectivity index (χ3v) is 4.71. The van der Waals surface area contributed by atoms with Crippen molar-refractivity contribution in [1.82, 2.24) is 4.98 Å². The number of benzene rings is 2. The lowest BCUT2D eigenvalue weighted by molar-refractivity contribution is 0.102. The zero-order valence-corrected chi connectivity index (χ0v) is 14.7. The van der Waals surface area contributed by atoms with Crippen molar-refractivity contribution in [2.75, 3.05) is 5.32 Å². The smallest absolute Gasteiger partial charge is 0.258 e. The Labute approximate surface area is 149 Å². The van der Waals surface area contributed by atoms with Gasteiger partial charge in [0.05, 0.1) is 11.3 Å². The van der Waals surface area contributed by atoms with Gasteiger partial charge < -0.3 is 0 Å². The number of hydrogen-bond donors (Lipinski definition) is 1. The van der Waals surface area contributed by atoms with Gasteiger partial charge in [-0.2, -0.15) is 0 Å². The molecule has 1 heterocycles. The van der Waals surface area contributed by atoms with E-state index >= 15 is 0 Å². The topological polar surface area (TPSA) is 42.0 Å². The fourth-order valence-corrected chi connectivity index (χ4v) is 3.29. The summed E-state index contributed by atoms with van der Waals surface area (Å²) in [6.45, 7) is 0. The lowest BCUT2D eigenvalue weighted by atomic mass is 10.2. The molecule has 0 radical (unpaired) electrons. The Morgan fingerprint density at radius 2 is 1.96 bits per heavy atom. The molecular weight excluding hydrogens is 403 g/mol. The average molecular weight is 412 g/mol. The van der Waals surface area contributed by atoms with Gasteiger partial charge in [0.2, 0.25) is 0 Å². The van der Waals surface area contributed by atoms with Gasteiger partial charge in [0.15, 0.2) is 5.13 Å². The highest BCUT2D eigenvalue weighted by Gasteiger charge is 2.13. The molecule has 0 bridgehead atoms. The Morgan fingerprint density at radius 1 is 1.22 bits per heavy atom. The van der Waals surface area contributed by atoms with E-state index < -0.39 is 5.82 Å². The van der Waals surface area contributed by atoms with E-state index in [9.17, 15) is 9.18 Å². The van der Waals surface area contributed by atoms with Crippen LogP contribution in [0, 0.1) is 5.82 Å². The van der Waals surface area contributed by atoms with Crippen molar-refractivity contribution in [3.63, 3.8) is 0 Å². The highest BCUT2D eigenvalue weighted by Crippen LogP contribution is 2.27. The standard InChI is InChI=1S/C16H9BrClFN2OS/c17-13-7-11(19)5-6-12(13)15(22)21-16-20-14(8-23-16)9-1-3-10(18)4-2-9/h1-8H,(H,20,21,22). The summed E-state index contributed by atoms with van der Waals surface area (Å²) >= 11 is 10.4. The van der Waals surface area contributed by atoms with E-state index in [2.05, 4.69) is 26.2 Å². The molecule has 0 saturated carbocycles. The first-order valence-electron chi connectivity index (χ1n) is 6.51. The highest BCUT2D eigenvalue weighted by atomic mass is 79.9. The summed E-state index contributed by atoms with van der Waals surface area (Å²) in [5.41, 5.74) is 2.00. The number of nitrogens with one attached hydrogen (secondary N) is 1. The molecule has 0 aliphatic heterocycles. The number of nitrogens with zero attached hydrogens (tertiary/aromatic N) is 1. The summed E-state index contributed by atoms with van der Waals surface area (Å²) in [5, 5.41) is 5.68. The number of anilines is 1. The first kappa shape index (κ1) is 16.1. The second kappa shape index (κ2) is 6.78. The molecule has 0 spiro atoms. The Morgan fingerprint density at radius 3 is 2.65 bits per heavy atom. The monoisotopic (exact) mass is 410 g/mol. The van der Waals surface area contributed by atoms with Gasteiger partial charge in [-0.15, -0.1) is 11.3 Å². The molecule has 0 aliphatic rings. The molecule has 7 heteroatoms. The molecular formula is C16H9BrClFN2OS. The van der Waals surface area contributed by atoms with Gasteiger partial charge in [0.1, 0.15) is 5.82 Å². The number of carbonyl (C=O) groups is 1. The van der Waals surface area contributed by atoms with Gasteiger partial charge in [0.25, 0.3) is 5.91 Å². The van der Waals surface area contributed by atoms with E-state index in [1.54, 1.807) is 12.1 Å². The third kappa shape index (κ3) is 3.77. The molecule has 0 atom stereocenters. The Kier molecular flexibility index (Phi) is 4.75. The summed E-state index contributed by atoms with van der Waals surface area (Å²) < 4.78 is 13.5. The maximum atomic E-state index is 13.1. The molecule has 0 unspecified atom stereocenters. The maximum absolute atomic E-state index is 13.1. The fourth-order valence-electron chi connectivity index (χ4n) is 1.92. The number of amides is 1. The van der Waals surface area contributed by atoms with Crippen LogP contribution in [0.4, 0.5) is 9.52 Å². The van der Waals surface area contributed by atoms with E-state index in [1.807, 2.05) is 17.5 Å². The number of rotatable bonds is 3. The lowest BCUT2D eigenvalue weighted by Crippen LogP contribution is -2.12. The number of thiazole rings is 1. The van der Waals surface area contributed by atoms with Crippen LogP contribution in [0.15, 0.2) is 52.3 Å². The van der Waals surface area contributed by atoms with Crippen molar-refractivity contribution in [2.45, 2.75) is 0 Å². The third-order valence-electron chi connectivity index (χ3n) is 3.04. The van der Waals surface area contributed by atoms with Crippen LogP contribution in [0.1, 0.15) is 10.4 Å². The summed E-state index contributed by atoms with van der Waals surface area (Å²) in [5.74, 6) is -0.762. The summed E-state index contributed by atoms with van der Waals surface area (Å²) in [7, 11) is 0. The molecule has 2 aromatic carbocycles. The van der Waals surface area contributed by atoms with Crippen LogP contribution >= 0.6 is 38.9 Å². The molecule has 0 saturated heterocycles. The van der Waals surface area contributed by atoms with Gasteiger partial charge in [-0.25, -0.2) is 9.37 Å². The van der Waals surface area contributed by atoms with Crippen LogP contribution in [-0.2, 0) is 0 Å². The Balaban J connectivity index is 1.78. The average Bonchev–Trinajstić information content (AvgIpc) is 2.96. The fraction of sp³-hybridized carbons (Fsp3) is 0. The van der Waals surface area contributed by atoms with Gasteiger partial charge in [-0.1, -0.05) is 23.7 Å². The highest BCUT2D eigenvalue weighted by molar-refractivity contribution is 9.10. The summed E-state index contributed by atoms with van der Waals surface area (Å²) in [4.78, 5) is 16.6. The molecule has 3 nitrogen and oxygen atoms in total. The van der Waals surface area contributed by atoms with Crippen LogP contribution in [-0.4, -0.2) is 10.9 Å². The second-order valence-corrected chi connectivity index (χ2v) is 6.77. The van der Waals surface area contributed by atoms with Crippen molar-refractivity contribution in [3.8, 4) is 11.3 Å². The van der Waals surface area contributed by atoms with Crippen molar-refractivity contribution in [1.29, 1.82) is 0 Å². The van der Waals surface area contributed by atoms with E-state index in [4.69, 9.17) is 11.6 Å². The molecule has 116 valence electrons. The largest absolute Gasteiger partial charge is 0.298 e. The first-order valence-corrected chi connectivity index (χ1v) is 8.56. The maximum Gasteiger partial charge on any atom is 0.258 e. The van der Waals surface area contributed by atoms with Crippen LogP contribution in [0.5, 0.6) is 0 Å². The molecule has 1 amide bonds. The van der Waals surface area contributed by atoms with Gasteiger partial charge in [-0.3, -0.25) is 10.1 Å². The molecule has 1 aromatic heterocycles. The van der Waals surface area contributed by atoms with E-state index in [-0.39, 0.29) is 5.91 Å². The van der Waals surface area contributed by atoms with Gasteiger partial charge >= 0.3 is 0 Å². The minimum absolute atomic E-state index is 0.342. The Hall–Kier alpha value is -1.76. The van der Waals surface area contributed by atoms with Crippen LogP contribution in [0.25, 0.3) is 11.3 Å². The molecule has 1 N–H and O–H groups in total. The van der Waals surface area contributed by atoms with E-state index in [1.165, 1.54) is 29.5 Å². The lowest BCUT2D eigenvalue weighted by Gasteiger charge is -2.04.